The van der Waals surface area contributed by atoms with Crippen molar-refractivity contribution in [2.75, 3.05) is 6.61 Å². The van der Waals surface area contributed by atoms with E-state index in [0.29, 0.717) is 19.4 Å². The molecule has 0 bridgehead atoms. The smallest absolute Gasteiger partial charge is 0.342 e. The van der Waals surface area contributed by atoms with E-state index in [-0.39, 0.29) is 5.75 Å². The maximum Gasteiger partial charge on any atom is 0.342 e. The lowest BCUT2D eigenvalue weighted by Crippen LogP contribution is -2.10. The molecule has 0 aromatic heterocycles. The fraction of sp³-hybridized carbons (Fsp3) is 0.429. The van der Waals surface area contributed by atoms with E-state index in [2.05, 4.69) is 6.07 Å². The van der Waals surface area contributed by atoms with Gasteiger partial charge in [0.15, 0.2) is 0 Å². The average Bonchev–Trinajstić information content (AvgIpc) is 2.43. The van der Waals surface area contributed by atoms with E-state index >= 15 is 0 Å². The van der Waals surface area contributed by atoms with Gasteiger partial charge in [0, 0.05) is 12.1 Å². The minimum atomic E-state index is -1.38. The topological polar surface area (TPSA) is 113 Å². The summed E-state index contributed by atoms with van der Waals surface area (Å²) in [6, 6.07) is 5.78. The third-order valence-electron chi connectivity index (χ3n) is 2.91. The molecule has 0 aliphatic rings. The Morgan fingerprint density at radius 3 is 2.71 bits per heavy atom. The molecule has 7 nitrogen and oxygen atoms in total. The van der Waals surface area contributed by atoms with Gasteiger partial charge >= 0.3 is 5.97 Å². The second kappa shape index (κ2) is 6.70. The summed E-state index contributed by atoms with van der Waals surface area (Å²) in [5.41, 5.74) is -1.32. The standard InChI is InChI=1S/C14H16N2O5/c1-14(2,9-15)6-3-7-21-10-4-5-12(16(19)20)11(8-10)13(17)18/h4-5,8H,3,6-7H2,1-2H3,(H,17,18). The molecule has 21 heavy (non-hydrogen) atoms. The number of aromatic carboxylic acids is 1. The first-order valence-corrected chi connectivity index (χ1v) is 6.32. The first-order chi connectivity index (χ1) is 9.76. The Hall–Kier alpha value is -2.62. The van der Waals surface area contributed by atoms with Gasteiger partial charge < -0.3 is 9.84 Å². The molecule has 0 radical (unpaired) electrons. The molecule has 1 rings (SSSR count). The highest BCUT2D eigenvalue weighted by molar-refractivity contribution is 5.92. The lowest BCUT2D eigenvalue weighted by Gasteiger charge is -2.14. The predicted octanol–water partition coefficient (Wildman–Crippen LogP) is 3.00. The number of hydrogen-bond donors (Lipinski definition) is 1. The molecule has 0 aliphatic heterocycles. The molecule has 0 spiro atoms. The van der Waals surface area contributed by atoms with Gasteiger partial charge in [0.25, 0.3) is 5.69 Å². The lowest BCUT2D eigenvalue weighted by molar-refractivity contribution is -0.385. The van der Waals surface area contributed by atoms with Crippen LogP contribution in [0, 0.1) is 26.9 Å². The van der Waals surface area contributed by atoms with Gasteiger partial charge in [0.1, 0.15) is 11.3 Å². The summed E-state index contributed by atoms with van der Waals surface area (Å²) >= 11 is 0. The van der Waals surface area contributed by atoms with Gasteiger partial charge in [-0.05, 0) is 32.8 Å². The molecule has 0 unspecified atom stereocenters. The normalized spacial score (nSPS) is 10.7. The number of nitro benzene ring substituents is 1. The molecule has 0 aliphatic carbocycles. The first kappa shape index (κ1) is 16.4. The van der Waals surface area contributed by atoms with Crippen LogP contribution in [0.1, 0.15) is 37.0 Å². The molecule has 1 aromatic rings. The molecule has 0 heterocycles. The highest BCUT2D eigenvalue weighted by Gasteiger charge is 2.20. The number of carboxylic acid groups (broad SMARTS) is 1. The minimum Gasteiger partial charge on any atom is -0.494 e. The molecular weight excluding hydrogens is 276 g/mol. The second-order valence-corrected chi connectivity index (χ2v) is 5.19. The van der Waals surface area contributed by atoms with E-state index in [1.165, 1.54) is 6.07 Å². The second-order valence-electron chi connectivity index (χ2n) is 5.19. The molecule has 0 atom stereocenters. The SMILES string of the molecule is CC(C)(C#N)CCCOc1ccc([N+](=O)[O-])c(C(=O)O)c1. The minimum absolute atomic E-state index is 0.257. The Morgan fingerprint density at radius 1 is 1.52 bits per heavy atom. The Bertz CT molecular complexity index is 590. The zero-order valence-electron chi connectivity index (χ0n) is 11.8. The number of nitrogens with zero attached hydrogens (tertiary/aromatic N) is 2. The van der Waals surface area contributed by atoms with Crippen molar-refractivity contribution in [3.8, 4) is 11.8 Å². The summed E-state index contributed by atoms with van der Waals surface area (Å²) < 4.78 is 5.38. The third kappa shape index (κ3) is 4.76. The van der Waals surface area contributed by atoms with Crippen molar-refractivity contribution < 1.29 is 19.6 Å². The quantitative estimate of drug-likeness (QED) is 0.469. The summed E-state index contributed by atoms with van der Waals surface area (Å²) in [5.74, 6) is -1.12. The molecule has 112 valence electrons. The van der Waals surface area contributed by atoms with Gasteiger partial charge in [0.2, 0.25) is 0 Å². The monoisotopic (exact) mass is 292 g/mol. The van der Waals surface area contributed by atoms with Crippen LogP contribution >= 0.6 is 0 Å². The zero-order valence-corrected chi connectivity index (χ0v) is 11.8. The van der Waals surface area contributed by atoms with E-state index in [1.807, 2.05) is 13.8 Å². The molecule has 0 saturated heterocycles. The van der Waals surface area contributed by atoms with E-state index in [9.17, 15) is 14.9 Å². The lowest BCUT2D eigenvalue weighted by atomic mass is 9.90. The third-order valence-corrected chi connectivity index (χ3v) is 2.91. The van der Waals surface area contributed by atoms with Crippen molar-refractivity contribution in [3.05, 3.63) is 33.9 Å². The molecule has 0 saturated carbocycles. The molecule has 0 fully saturated rings. The number of rotatable bonds is 7. The summed E-state index contributed by atoms with van der Waals surface area (Å²) in [5, 5.41) is 28.5. The Morgan fingerprint density at radius 2 is 2.19 bits per heavy atom. The largest absolute Gasteiger partial charge is 0.494 e. The Balaban J connectivity index is 2.70. The fourth-order valence-electron chi connectivity index (χ4n) is 1.70. The van der Waals surface area contributed by atoms with Crippen LogP contribution in [-0.4, -0.2) is 22.6 Å². The van der Waals surface area contributed by atoms with Crippen LogP contribution < -0.4 is 4.74 Å². The van der Waals surface area contributed by atoms with Gasteiger partial charge in [-0.1, -0.05) is 0 Å². The van der Waals surface area contributed by atoms with Crippen LogP contribution in [0.2, 0.25) is 0 Å². The van der Waals surface area contributed by atoms with E-state index < -0.39 is 27.6 Å². The van der Waals surface area contributed by atoms with Crippen molar-refractivity contribution in [2.45, 2.75) is 26.7 Å². The van der Waals surface area contributed by atoms with Crippen molar-refractivity contribution >= 4 is 11.7 Å². The van der Waals surface area contributed by atoms with Crippen LogP contribution in [-0.2, 0) is 0 Å². The number of nitriles is 1. The summed E-state index contributed by atoms with van der Waals surface area (Å²) in [6.45, 7) is 3.95. The number of carboxylic acids is 1. The van der Waals surface area contributed by atoms with Gasteiger partial charge in [-0.2, -0.15) is 5.26 Å². The molecule has 1 N–H and O–H groups in total. The van der Waals surface area contributed by atoms with Crippen LogP contribution in [0.3, 0.4) is 0 Å². The predicted molar refractivity (Wildman–Crippen MR) is 74.2 cm³/mol. The van der Waals surface area contributed by atoms with Crippen LogP contribution in [0.5, 0.6) is 5.75 Å². The van der Waals surface area contributed by atoms with Crippen molar-refractivity contribution in [1.82, 2.24) is 0 Å². The van der Waals surface area contributed by atoms with Crippen LogP contribution in [0.15, 0.2) is 18.2 Å². The van der Waals surface area contributed by atoms with Crippen LogP contribution in [0.25, 0.3) is 0 Å². The Kier molecular flexibility index (Phi) is 5.24. The van der Waals surface area contributed by atoms with E-state index in [4.69, 9.17) is 15.1 Å². The Labute approximate surface area is 121 Å². The number of carbonyl (C=O) groups is 1. The van der Waals surface area contributed by atoms with Crippen LogP contribution in [0.4, 0.5) is 5.69 Å². The van der Waals surface area contributed by atoms with Crippen molar-refractivity contribution in [1.29, 1.82) is 5.26 Å². The van der Waals surface area contributed by atoms with E-state index in [1.54, 1.807) is 0 Å². The maximum absolute atomic E-state index is 11.0. The number of ether oxygens (including phenoxy) is 1. The molecule has 7 heteroatoms. The highest BCUT2D eigenvalue weighted by Crippen LogP contribution is 2.25. The molecule has 1 aromatic carbocycles. The first-order valence-electron chi connectivity index (χ1n) is 6.32. The maximum atomic E-state index is 11.0. The van der Waals surface area contributed by atoms with Gasteiger partial charge in [-0.3, -0.25) is 10.1 Å². The van der Waals surface area contributed by atoms with Crippen molar-refractivity contribution in [3.63, 3.8) is 0 Å². The zero-order chi connectivity index (χ0) is 16.0. The molecular formula is C14H16N2O5. The summed E-state index contributed by atoms with van der Waals surface area (Å²) in [7, 11) is 0. The van der Waals surface area contributed by atoms with Gasteiger partial charge in [-0.15, -0.1) is 0 Å². The molecule has 0 amide bonds. The number of benzene rings is 1. The number of hydrogen-bond acceptors (Lipinski definition) is 5. The van der Waals surface area contributed by atoms with Gasteiger partial charge in [-0.25, -0.2) is 4.79 Å². The number of nitro groups is 1. The fourth-order valence-corrected chi connectivity index (χ4v) is 1.70. The van der Waals surface area contributed by atoms with Crippen molar-refractivity contribution in [2.24, 2.45) is 5.41 Å². The highest BCUT2D eigenvalue weighted by atomic mass is 16.6. The summed E-state index contributed by atoms with van der Waals surface area (Å²) in [4.78, 5) is 20.9. The van der Waals surface area contributed by atoms with E-state index in [0.717, 1.165) is 12.1 Å². The summed E-state index contributed by atoms with van der Waals surface area (Å²) in [6.07, 6.45) is 1.27. The van der Waals surface area contributed by atoms with Gasteiger partial charge in [0.05, 0.1) is 23.0 Å². The average molecular weight is 292 g/mol.